The average Bonchev–Trinajstić information content (AvgIpc) is 3.10. The van der Waals surface area contributed by atoms with E-state index in [-0.39, 0.29) is 23.1 Å². The van der Waals surface area contributed by atoms with Gasteiger partial charge in [0, 0.05) is 30.3 Å². The number of aromatic nitrogens is 2. The van der Waals surface area contributed by atoms with Crippen molar-refractivity contribution in [3.8, 4) is 0 Å². The normalized spacial score (nSPS) is 14.9. The highest BCUT2D eigenvalue weighted by Gasteiger charge is 2.38. The lowest BCUT2D eigenvalue weighted by Crippen LogP contribution is -2.36. The van der Waals surface area contributed by atoms with E-state index in [2.05, 4.69) is 4.98 Å². The van der Waals surface area contributed by atoms with Crippen molar-refractivity contribution >= 4 is 34.2 Å². The summed E-state index contributed by atoms with van der Waals surface area (Å²) in [7, 11) is 0. The summed E-state index contributed by atoms with van der Waals surface area (Å²) in [4.78, 5) is 17.9. The third-order valence-electron chi connectivity index (χ3n) is 5.44. The second-order valence-corrected chi connectivity index (χ2v) is 7.78. The third-order valence-corrected chi connectivity index (χ3v) is 5.85. The summed E-state index contributed by atoms with van der Waals surface area (Å²) >= 11 is 6.17. The van der Waals surface area contributed by atoms with Gasteiger partial charge >= 0.3 is 6.18 Å². The Morgan fingerprint density at radius 2 is 1.97 bits per heavy atom. The quantitative estimate of drug-likeness (QED) is 0.649. The van der Waals surface area contributed by atoms with Crippen molar-refractivity contribution in [2.75, 3.05) is 31.2 Å². The molecule has 0 saturated carbocycles. The number of amides is 1. The summed E-state index contributed by atoms with van der Waals surface area (Å²) in [6.07, 6.45) is -4.72. The molecule has 10 heteroatoms. The number of fused-ring (bicyclic) bond motifs is 1. The third kappa shape index (κ3) is 4.07. The Hall–Kier alpha value is -2.78. The number of anilines is 1. The van der Waals surface area contributed by atoms with E-state index in [1.165, 1.54) is 6.07 Å². The van der Waals surface area contributed by atoms with Gasteiger partial charge in [0.1, 0.15) is 5.52 Å². The maximum absolute atomic E-state index is 13.9. The van der Waals surface area contributed by atoms with E-state index in [9.17, 15) is 18.0 Å². The molecule has 2 aromatic carbocycles. The lowest BCUT2D eigenvalue weighted by Gasteiger charge is -2.29. The number of morpholine rings is 1. The summed E-state index contributed by atoms with van der Waals surface area (Å²) in [6.45, 7) is 3.72. The number of ether oxygens (including phenoxy) is 1. The molecule has 1 aliphatic heterocycles. The standard InChI is InChI=1S/C21H20ClF3N4O2/c1-12-13(3-2-4-16(12)22)11-29-17-10-14(28-5-7-31-8-6-28)9-15(19(26)30)18(17)27-20(29)21(23,24)25/h2-4,9-10H,5-8,11H2,1H3,(H2,26,30). The number of hydrogen-bond donors (Lipinski definition) is 1. The molecule has 2 N–H and O–H groups in total. The second kappa shape index (κ2) is 8.05. The molecule has 2 heterocycles. The molecule has 0 aliphatic carbocycles. The fraction of sp³-hybridized carbons (Fsp3) is 0.333. The molecule has 3 aromatic rings. The minimum atomic E-state index is -4.72. The maximum Gasteiger partial charge on any atom is 0.449 e. The van der Waals surface area contributed by atoms with Gasteiger partial charge in [-0.2, -0.15) is 13.2 Å². The van der Waals surface area contributed by atoms with Crippen LogP contribution in [0.15, 0.2) is 30.3 Å². The molecule has 0 spiro atoms. The van der Waals surface area contributed by atoms with Crippen molar-refractivity contribution in [3.63, 3.8) is 0 Å². The largest absolute Gasteiger partial charge is 0.449 e. The monoisotopic (exact) mass is 452 g/mol. The van der Waals surface area contributed by atoms with Crippen LogP contribution in [-0.4, -0.2) is 41.8 Å². The number of rotatable bonds is 4. The Kier molecular flexibility index (Phi) is 5.57. The van der Waals surface area contributed by atoms with Gasteiger partial charge in [-0.05, 0) is 36.2 Å². The smallest absolute Gasteiger partial charge is 0.378 e. The van der Waals surface area contributed by atoms with Gasteiger partial charge in [0.05, 0.1) is 24.3 Å². The number of halogens is 4. The first-order valence-electron chi connectivity index (χ1n) is 9.65. The van der Waals surface area contributed by atoms with Crippen LogP contribution < -0.4 is 10.6 Å². The van der Waals surface area contributed by atoms with Crippen LogP contribution in [0.1, 0.15) is 27.3 Å². The number of benzene rings is 2. The molecule has 4 rings (SSSR count). The summed E-state index contributed by atoms with van der Waals surface area (Å²) in [5, 5.41) is 0.460. The van der Waals surface area contributed by atoms with Gasteiger partial charge in [-0.25, -0.2) is 4.98 Å². The van der Waals surface area contributed by atoms with E-state index in [1.807, 2.05) is 4.90 Å². The number of hydrogen-bond acceptors (Lipinski definition) is 4. The first-order chi connectivity index (χ1) is 14.7. The average molecular weight is 453 g/mol. The van der Waals surface area contributed by atoms with E-state index in [0.717, 1.165) is 4.57 Å². The van der Waals surface area contributed by atoms with Crippen molar-refractivity contribution in [1.82, 2.24) is 9.55 Å². The van der Waals surface area contributed by atoms with Crippen LogP contribution >= 0.6 is 11.6 Å². The van der Waals surface area contributed by atoms with Crippen LogP contribution in [0.25, 0.3) is 11.0 Å². The molecular formula is C21H20ClF3N4O2. The van der Waals surface area contributed by atoms with Crippen LogP contribution in [0.2, 0.25) is 5.02 Å². The fourth-order valence-electron chi connectivity index (χ4n) is 3.77. The van der Waals surface area contributed by atoms with E-state index in [1.54, 1.807) is 31.2 Å². The van der Waals surface area contributed by atoms with Gasteiger partial charge in [-0.15, -0.1) is 0 Å². The number of primary amides is 1. The Labute approximate surface area is 181 Å². The van der Waals surface area contributed by atoms with E-state index >= 15 is 0 Å². The highest BCUT2D eigenvalue weighted by molar-refractivity contribution is 6.31. The summed E-state index contributed by atoms with van der Waals surface area (Å²) in [5.41, 5.74) is 7.47. The Balaban J connectivity index is 1.96. The number of imidazole rings is 1. The zero-order chi connectivity index (χ0) is 22.3. The molecule has 1 fully saturated rings. The van der Waals surface area contributed by atoms with Crippen molar-refractivity contribution in [2.24, 2.45) is 5.73 Å². The molecule has 1 aliphatic rings. The predicted octanol–water partition coefficient (Wildman–Crippen LogP) is 4.00. The number of alkyl halides is 3. The van der Waals surface area contributed by atoms with Crippen LogP contribution in [-0.2, 0) is 17.5 Å². The lowest BCUT2D eigenvalue weighted by molar-refractivity contribution is -0.146. The van der Waals surface area contributed by atoms with Crippen LogP contribution in [0.5, 0.6) is 0 Å². The molecule has 1 amide bonds. The molecule has 164 valence electrons. The molecular weight excluding hydrogens is 433 g/mol. The van der Waals surface area contributed by atoms with Gasteiger partial charge < -0.3 is 19.9 Å². The highest BCUT2D eigenvalue weighted by atomic mass is 35.5. The Morgan fingerprint density at radius 3 is 2.61 bits per heavy atom. The second-order valence-electron chi connectivity index (χ2n) is 7.37. The number of carbonyl (C=O) groups is 1. The topological polar surface area (TPSA) is 73.4 Å². The van der Waals surface area contributed by atoms with Crippen molar-refractivity contribution < 1.29 is 22.7 Å². The van der Waals surface area contributed by atoms with Crippen molar-refractivity contribution in [1.29, 1.82) is 0 Å². The zero-order valence-corrected chi connectivity index (χ0v) is 17.4. The Morgan fingerprint density at radius 1 is 1.26 bits per heavy atom. The van der Waals surface area contributed by atoms with Gasteiger partial charge in [-0.3, -0.25) is 4.79 Å². The van der Waals surface area contributed by atoms with Gasteiger partial charge in [0.2, 0.25) is 5.82 Å². The SMILES string of the molecule is Cc1c(Cl)cccc1Cn1c(C(F)(F)F)nc2c(C(N)=O)cc(N3CCOCC3)cc21. The molecule has 1 saturated heterocycles. The molecule has 1 aromatic heterocycles. The van der Waals surface area contributed by atoms with Gasteiger partial charge in [-0.1, -0.05) is 23.7 Å². The minimum absolute atomic E-state index is 0.0499. The molecule has 31 heavy (non-hydrogen) atoms. The first-order valence-corrected chi connectivity index (χ1v) is 10.0. The van der Waals surface area contributed by atoms with Gasteiger partial charge in [0.25, 0.3) is 5.91 Å². The highest BCUT2D eigenvalue weighted by Crippen LogP contribution is 2.35. The van der Waals surface area contributed by atoms with E-state index < -0.39 is 17.9 Å². The lowest BCUT2D eigenvalue weighted by atomic mass is 10.1. The minimum Gasteiger partial charge on any atom is -0.378 e. The maximum atomic E-state index is 13.9. The van der Waals surface area contributed by atoms with Gasteiger partial charge in [0.15, 0.2) is 0 Å². The van der Waals surface area contributed by atoms with E-state index in [4.69, 9.17) is 22.1 Å². The summed E-state index contributed by atoms with van der Waals surface area (Å²) < 4.78 is 48.1. The van der Waals surface area contributed by atoms with Crippen LogP contribution in [0.3, 0.4) is 0 Å². The van der Waals surface area contributed by atoms with Crippen molar-refractivity contribution in [2.45, 2.75) is 19.6 Å². The Bertz CT molecular complexity index is 1150. The zero-order valence-electron chi connectivity index (χ0n) is 16.7. The molecule has 0 bridgehead atoms. The molecule has 0 unspecified atom stereocenters. The van der Waals surface area contributed by atoms with E-state index in [0.29, 0.717) is 48.1 Å². The van der Waals surface area contributed by atoms with Crippen molar-refractivity contribution in [3.05, 3.63) is 57.9 Å². The molecule has 0 radical (unpaired) electrons. The molecule has 0 atom stereocenters. The number of carbonyl (C=O) groups excluding carboxylic acids is 1. The van der Waals surface area contributed by atoms with Crippen LogP contribution in [0.4, 0.5) is 18.9 Å². The summed E-state index contributed by atoms with van der Waals surface area (Å²) in [5.74, 6) is -1.93. The first kappa shape index (κ1) is 21.5. The number of nitrogens with two attached hydrogens (primary N) is 1. The fourth-order valence-corrected chi connectivity index (χ4v) is 3.96. The molecule has 6 nitrogen and oxygen atoms in total. The number of nitrogens with zero attached hydrogens (tertiary/aromatic N) is 3. The predicted molar refractivity (Wildman–Crippen MR) is 112 cm³/mol. The van der Waals surface area contributed by atoms with Crippen LogP contribution in [0, 0.1) is 6.92 Å². The summed E-state index contributed by atoms with van der Waals surface area (Å²) in [6, 6.07) is 8.20.